The number of hydrogen-bond donors (Lipinski definition) is 1. The summed E-state index contributed by atoms with van der Waals surface area (Å²) in [5.74, 6) is 0. The molecule has 0 atom stereocenters. The van der Waals surface area contributed by atoms with Gasteiger partial charge in [-0.1, -0.05) is 6.08 Å². The standard InChI is InChI=1S/C13H20N2OS/c1-16-10-11-4-6-15(7-5-11)9-13-3-2-12(8-14)17-13/h2-4H,5-10,14H2,1H3. The fraction of sp³-hybridized carbons (Fsp3) is 0.538. The van der Waals surface area contributed by atoms with Crippen LogP contribution in [-0.4, -0.2) is 31.7 Å². The van der Waals surface area contributed by atoms with Gasteiger partial charge in [-0.2, -0.15) is 0 Å². The summed E-state index contributed by atoms with van der Waals surface area (Å²) in [6.45, 7) is 4.65. The van der Waals surface area contributed by atoms with E-state index in [0.29, 0.717) is 6.54 Å². The Morgan fingerprint density at radius 1 is 1.41 bits per heavy atom. The minimum Gasteiger partial charge on any atom is -0.380 e. The van der Waals surface area contributed by atoms with Gasteiger partial charge < -0.3 is 10.5 Å². The van der Waals surface area contributed by atoms with Crippen molar-refractivity contribution in [3.8, 4) is 0 Å². The highest BCUT2D eigenvalue weighted by molar-refractivity contribution is 7.11. The molecule has 0 saturated carbocycles. The fourth-order valence-electron chi connectivity index (χ4n) is 2.05. The molecule has 0 spiro atoms. The lowest BCUT2D eigenvalue weighted by Gasteiger charge is -2.25. The molecule has 0 unspecified atom stereocenters. The van der Waals surface area contributed by atoms with Crippen LogP contribution in [0.25, 0.3) is 0 Å². The minimum atomic E-state index is 0.655. The molecule has 4 heteroatoms. The first-order valence-corrected chi connectivity index (χ1v) is 6.80. The summed E-state index contributed by atoms with van der Waals surface area (Å²) in [6.07, 6.45) is 3.42. The summed E-state index contributed by atoms with van der Waals surface area (Å²) in [4.78, 5) is 5.15. The van der Waals surface area contributed by atoms with Gasteiger partial charge in [0.15, 0.2) is 0 Å². The second-order valence-corrected chi connectivity index (χ2v) is 5.61. The first-order chi connectivity index (χ1) is 8.31. The highest BCUT2D eigenvalue weighted by Crippen LogP contribution is 2.20. The Kier molecular flexibility index (Phi) is 4.74. The topological polar surface area (TPSA) is 38.5 Å². The van der Waals surface area contributed by atoms with Gasteiger partial charge in [0.1, 0.15) is 0 Å². The predicted octanol–water partition coefficient (Wildman–Crippen LogP) is 1.99. The summed E-state index contributed by atoms with van der Waals surface area (Å²) >= 11 is 1.83. The van der Waals surface area contributed by atoms with Gasteiger partial charge in [-0.3, -0.25) is 4.90 Å². The van der Waals surface area contributed by atoms with Gasteiger partial charge in [-0.25, -0.2) is 0 Å². The number of thiophene rings is 1. The number of ether oxygens (including phenoxy) is 1. The van der Waals surface area contributed by atoms with Crippen LogP contribution in [-0.2, 0) is 17.8 Å². The normalized spacial score (nSPS) is 17.2. The molecule has 1 aliphatic heterocycles. The first kappa shape index (κ1) is 12.8. The third-order valence-electron chi connectivity index (χ3n) is 3.01. The Balaban J connectivity index is 1.85. The molecule has 0 fully saturated rings. The third kappa shape index (κ3) is 3.64. The van der Waals surface area contributed by atoms with E-state index in [-0.39, 0.29) is 0 Å². The lowest BCUT2D eigenvalue weighted by atomic mass is 10.1. The number of hydrogen-bond acceptors (Lipinski definition) is 4. The number of methoxy groups -OCH3 is 1. The van der Waals surface area contributed by atoms with Crippen molar-refractivity contribution in [1.29, 1.82) is 0 Å². The molecule has 0 aromatic carbocycles. The third-order valence-corrected chi connectivity index (χ3v) is 4.11. The molecule has 1 aliphatic rings. The monoisotopic (exact) mass is 252 g/mol. The van der Waals surface area contributed by atoms with Crippen molar-refractivity contribution >= 4 is 11.3 Å². The van der Waals surface area contributed by atoms with E-state index in [2.05, 4.69) is 23.1 Å². The molecule has 94 valence electrons. The van der Waals surface area contributed by atoms with Gasteiger partial charge in [0.2, 0.25) is 0 Å². The van der Waals surface area contributed by atoms with Crippen molar-refractivity contribution < 1.29 is 4.74 Å². The average Bonchev–Trinajstić information content (AvgIpc) is 2.80. The van der Waals surface area contributed by atoms with Crippen molar-refractivity contribution in [1.82, 2.24) is 4.90 Å². The Labute approximate surface area is 107 Å². The molecule has 0 radical (unpaired) electrons. The summed E-state index contributed by atoms with van der Waals surface area (Å²) < 4.78 is 5.15. The van der Waals surface area contributed by atoms with Gasteiger partial charge >= 0.3 is 0 Å². The van der Waals surface area contributed by atoms with Crippen LogP contribution < -0.4 is 5.73 Å². The SMILES string of the molecule is COCC1=CCN(Cc2ccc(CN)s2)CC1. The summed E-state index contributed by atoms with van der Waals surface area (Å²) in [6, 6.07) is 4.33. The molecular formula is C13H20N2OS. The smallest absolute Gasteiger partial charge is 0.0673 e. The van der Waals surface area contributed by atoms with Crippen LogP contribution in [0, 0.1) is 0 Å². The largest absolute Gasteiger partial charge is 0.380 e. The van der Waals surface area contributed by atoms with E-state index in [0.717, 1.165) is 32.7 Å². The lowest BCUT2D eigenvalue weighted by Crippen LogP contribution is -2.28. The molecule has 2 N–H and O–H groups in total. The van der Waals surface area contributed by atoms with Gasteiger partial charge in [-0.15, -0.1) is 11.3 Å². The Hall–Kier alpha value is -0.680. The summed E-state index contributed by atoms with van der Waals surface area (Å²) in [5.41, 5.74) is 7.05. The van der Waals surface area contributed by atoms with Crippen LogP contribution >= 0.6 is 11.3 Å². The first-order valence-electron chi connectivity index (χ1n) is 5.98. The van der Waals surface area contributed by atoms with E-state index in [1.54, 1.807) is 7.11 Å². The molecule has 0 bridgehead atoms. The average molecular weight is 252 g/mol. The van der Waals surface area contributed by atoms with Crippen molar-refractivity contribution in [3.05, 3.63) is 33.5 Å². The highest BCUT2D eigenvalue weighted by atomic mass is 32.1. The van der Waals surface area contributed by atoms with Gasteiger partial charge in [0.05, 0.1) is 6.61 Å². The maximum Gasteiger partial charge on any atom is 0.0673 e. The van der Waals surface area contributed by atoms with Crippen LogP contribution in [0.3, 0.4) is 0 Å². The molecule has 3 nitrogen and oxygen atoms in total. The Bertz CT molecular complexity index is 387. The van der Waals surface area contributed by atoms with Crippen LogP contribution in [0.1, 0.15) is 16.2 Å². The van der Waals surface area contributed by atoms with Crippen LogP contribution in [0.15, 0.2) is 23.8 Å². The van der Waals surface area contributed by atoms with Crippen LogP contribution in [0.4, 0.5) is 0 Å². The number of nitrogens with two attached hydrogens (primary N) is 1. The molecule has 0 aliphatic carbocycles. The molecule has 0 amide bonds. The zero-order valence-corrected chi connectivity index (χ0v) is 11.1. The molecular weight excluding hydrogens is 232 g/mol. The van der Waals surface area contributed by atoms with Gasteiger partial charge in [0.25, 0.3) is 0 Å². The van der Waals surface area contributed by atoms with Crippen molar-refractivity contribution in [2.75, 3.05) is 26.8 Å². The summed E-state index contributed by atoms with van der Waals surface area (Å²) in [5, 5.41) is 0. The minimum absolute atomic E-state index is 0.655. The molecule has 1 aromatic heterocycles. The molecule has 17 heavy (non-hydrogen) atoms. The Morgan fingerprint density at radius 3 is 2.82 bits per heavy atom. The predicted molar refractivity (Wildman–Crippen MR) is 72.1 cm³/mol. The maximum absolute atomic E-state index is 5.62. The summed E-state index contributed by atoms with van der Waals surface area (Å²) in [7, 11) is 1.76. The second-order valence-electron chi connectivity index (χ2n) is 4.35. The molecule has 2 heterocycles. The van der Waals surface area contributed by atoms with E-state index < -0.39 is 0 Å². The van der Waals surface area contributed by atoms with Crippen molar-refractivity contribution in [3.63, 3.8) is 0 Å². The van der Waals surface area contributed by atoms with Gasteiger partial charge in [-0.05, 0) is 24.1 Å². The van der Waals surface area contributed by atoms with Crippen LogP contribution in [0.5, 0.6) is 0 Å². The molecule has 1 aromatic rings. The van der Waals surface area contributed by atoms with E-state index in [4.69, 9.17) is 10.5 Å². The lowest BCUT2D eigenvalue weighted by molar-refractivity contribution is 0.210. The maximum atomic E-state index is 5.62. The zero-order chi connectivity index (χ0) is 12.1. The second kappa shape index (κ2) is 6.31. The zero-order valence-electron chi connectivity index (χ0n) is 10.3. The van der Waals surface area contributed by atoms with E-state index in [9.17, 15) is 0 Å². The van der Waals surface area contributed by atoms with E-state index in [1.165, 1.54) is 15.3 Å². The van der Waals surface area contributed by atoms with Gasteiger partial charge in [0, 0.05) is 43.0 Å². The van der Waals surface area contributed by atoms with E-state index in [1.807, 2.05) is 11.3 Å². The molecule has 0 saturated heterocycles. The van der Waals surface area contributed by atoms with Crippen LogP contribution in [0.2, 0.25) is 0 Å². The Morgan fingerprint density at radius 2 is 2.24 bits per heavy atom. The van der Waals surface area contributed by atoms with Crippen molar-refractivity contribution in [2.24, 2.45) is 5.73 Å². The van der Waals surface area contributed by atoms with E-state index >= 15 is 0 Å². The number of rotatable bonds is 5. The van der Waals surface area contributed by atoms with Crippen molar-refractivity contribution in [2.45, 2.75) is 19.5 Å². The fourth-order valence-corrected chi connectivity index (χ4v) is 2.99. The quantitative estimate of drug-likeness (QED) is 0.814. The number of nitrogens with zero attached hydrogens (tertiary/aromatic N) is 1. The molecule has 2 rings (SSSR count). The highest BCUT2D eigenvalue weighted by Gasteiger charge is 2.12.